The van der Waals surface area contributed by atoms with Crippen molar-refractivity contribution in [2.75, 3.05) is 0 Å². The largest absolute Gasteiger partial charge is 0.361 e. The highest BCUT2D eigenvalue weighted by molar-refractivity contribution is 5.91. The number of fused-ring (bicyclic) bond motifs is 2. The minimum atomic E-state index is -0.610. The molecule has 166 valence electrons. The topological polar surface area (TPSA) is 86.0 Å². The first-order valence-electron chi connectivity index (χ1n) is 11.6. The fraction of sp³-hybridized carbons (Fsp3) is 0.385. The summed E-state index contributed by atoms with van der Waals surface area (Å²) in [6.07, 6.45) is 7.36. The van der Waals surface area contributed by atoms with Gasteiger partial charge in [-0.15, -0.1) is 0 Å². The van der Waals surface area contributed by atoms with Crippen molar-refractivity contribution in [3.05, 3.63) is 71.4 Å². The third kappa shape index (κ3) is 4.41. The Morgan fingerprint density at radius 2 is 1.75 bits per heavy atom. The number of benzene rings is 2. The van der Waals surface area contributed by atoms with Crippen molar-refractivity contribution in [3.63, 3.8) is 0 Å². The predicted molar refractivity (Wildman–Crippen MR) is 125 cm³/mol. The first-order valence-corrected chi connectivity index (χ1v) is 11.6. The molecule has 0 unspecified atom stereocenters. The number of para-hydroxylation sites is 1. The van der Waals surface area contributed by atoms with Crippen molar-refractivity contribution in [2.45, 2.75) is 63.2 Å². The van der Waals surface area contributed by atoms with Gasteiger partial charge in [0.25, 0.3) is 0 Å². The summed E-state index contributed by atoms with van der Waals surface area (Å²) < 4.78 is 0. The first-order chi connectivity index (χ1) is 15.7. The Morgan fingerprint density at radius 3 is 2.59 bits per heavy atom. The molecule has 1 aliphatic carbocycles. The van der Waals surface area contributed by atoms with Gasteiger partial charge in [-0.05, 0) is 42.0 Å². The van der Waals surface area contributed by atoms with Crippen LogP contribution in [-0.4, -0.2) is 34.9 Å². The van der Waals surface area contributed by atoms with Crippen LogP contribution in [0.15, 0.2) is 54.7 Å². The monoisotopic (exact) mass is 430 g/mol. The first kappa shape index (κ1) is 20.8. The van der Waals surface area contributed by atoms with Gasteiger partial charge in [0.1, 0.15) is 6.04 Å². The van der Waals surface area contributed by atoms with Crippen LogP contribution in [0.5, 0.6) is 0 Å². The van der Waals surface area contributed by atoms with Crippen LogP contribution in [-0.2, 0) is 29.0 Å². The number of hydrogen-bond acceptors (Lipinski definition) is 3. The summed E-state index contributed by atoms with van der Waals surface area (Å²) in [5, 5.41) is 10.7. The highest BCUT2D eigenvalue weighted by atomic mass is 16.2. The molecule has 5 rings (SSSR count). The van der Waals surface area contributed by atoms with E-state index in [0.717, 1.165) is 42.1 Å². The van der Waals surface area contributed by atoms with Crippen LogP contribution in [0, 0.1) is 0 Å². The zero-order valence-corrected chi connectivity index (χ0v) is 18.2. The maximum absolute atomic E-state index is 13.2. The second kappa shape index (κ2) is 9.17. The van der Waals surface area contributed by atoms with E-state index in [1.54, 1.807) is 0 Å². The maximum atomic E-state index is 13.2. The van der Waals surface area contributed by atoms with Crippen molar-refractivity contribution in [1.29, 1.82) is 0 Å². The van der Waals surface area contributed by atoms with Crippen molar-refractivity contribution >= 4 is 22.7 Å². The Morgan fingerprint density at radius 1 is 1.00 bits per heavy atom. The third-order valence-corrected chi connectivity index (χ3v) is 6.83. The van der Waals surface area contributed by atoms with Crippen LogP contribution in [0.4, 0.5) is 0 Å². The molecule has 2 atom stereocenters. The van der Waals surface area contributed by atoms with Gasteiger partial charge < -0.3 is 20.9 Å². The summed E-state index contributed by atoms with van der Waals surface area (Å²) in [5.74, 6) is -0.211. The molecule has 0 bridgehead atoms. The number of amides is 2. The number of carbonyl (C=O) groups is 2. The lowest BCUT2D eigenvalue weighted by atomic mass is 9.95. The highest BCUT2D eigenvalue weighted by Crippen LogP contribution is 2.21. The molecule has 6 nitrogen and oxygen atoms in total. The van der Waals surface area contributed by atoms with Crippen LogP contribution >= 0.6 is 0 Å². The van der Waals surface area contributed by atoms with E-state index in [-0.39, 0.29) is 23.9 Å². The van der Waals surface area contributed by atoms with E-state index in [1.807, 2.05) is 36.5 Å². The van der Waals surface area contributed by atoms with E-state index >= 15 is 0 Å². The van der Waals surface area contributed by atoms with E-state index in [4.69, 9.17) is 0 Å². The lowest BCUT2D eigenvalue weighted by Crippen LogP contribution is -2.55. The molecular formula is C26H30N4O2. The highest BCUT2D eigenvalue weighted by Gasteiger charge is 2.30. The summed E-state index contributed by atoms with van der Waals surface area (Å²) in [6, 6.07) is 15.5. The maximum Gasteiger partial charge on any atom is 0.243 e. The van der Waals surface area contributed by atoms with Gasteiger partial charge >= 0.3 is 0 Å². The van der Waals surface area contributed by atoms with Gasteiger partial charge in [-0.2, -0.15) is 0 Å². The zero-order chi connectivity index (χ0) is 21.9. The molecule has 0 spiro atoms. The molecule has 32 heavy (non-hydrogen) atoms. The smallest absolute Gasteiger partial charge is 0.243 e. The molecule has 2 amide bonds. The van der Waals surface area contributed by atoms with E-state index in [0.29, 0.717) is 19.4 Å². The van der Waals surface area contributed by atoms with E-state index in [2.05, 4.69) is 39.1 Å². The minimum absolute atomic E-state index is 0.0910. The normalized spacial score (nSPS) is 19.4. The van der Waals surface area contributed by atoms with Crippen LogP contribution in [0.25, 0.3) is 10.9 Å². The Hall–Kier alpha value is -3.12. The molecule has 3 aromatic rings. The Bertz CT molecular complexity index is 1120. The van der Waals surface area contributed by atoms with Crippen molar-refractivity contribution in [2.24, 2.45) is 0 Å². The molecule has 6 heteroatoms. The minimum Gasteiger partial charge on any atom is -0.361 e. The molecule has 2 aromatic carbocycles. The molecule has 1 saturated carbocycles. The fourth-order valence-electron chi connectivity index (χ4n) is 5.01. The van der Waals surface area contributed by atoms with Crippen LogP contribution in [0.3, 0.4) is 0 Å². The number of H-pyrrole nitrogens is 1. The Balaban J connectivity index is 1.33. The number of carbonyl (C=O) groups excluding carboxylic acids is 2. The molecule has 0 saturated heterocycles. The van der Waals surface area contributed by atoms with Crippen LogP contribution in [0.2, 0.25) is 0 Å². The van der Waals surface area contributed by atoms with Gasteiger partial charge in [0.2, 0.25) is 11.8 Å². The van der Waals surface area contributed by atoms with E-state index in [9.17, 15) is 9.59 Å². The second-order valence-electron chi connectivity index (χ2n) is 9.02. The molecule has 1 aliphatic heterocycles. The van der Waals surface area contributed by atoms with Gasteiger partial charge in [-0.25, -0.2) is 0 Å². The summed E-state index contributed by atoms with van der Waals surface area (Å²) in [7, 11) is 0. The number of hydrogen-bond donors (Lipinski definition) is 4. The van der Waals surface area contributed by atoms with Crippen LogP contribution < -0.4 is 16.0 Å². The lowest BCUT2D eigenvalue weighted by molar-refractivity contribution is -0.130. The summed E-state index contributed by atoms with van der Waals surface area (Å²) in [6.45, 7) is 0.662. The molecule has 0 radical (unpaired) electrons. The lowest BCUT2D eigenvalue weighted by Gasteiger charge is -2.28. The van der Waals surface area contributed by atoms with Crippen molar-refractivity contribution in [1.82, 2.24) is 20.9 Å². The third-order valence-electron chi connectivity index (χ3n) is 6.83. The van der Waals surface area contributed by atoms with Gasteiger partial charge in [0, 0.05) is 36.1 Å². The zero-order valence-electron chi connectivity index (χ0n) is 18.2. The van der Waals surface area contributed by atoms with Crippen molar-refractivity contribution < 1.29 is 9.59 Å². The summed E-state index contributed by atoms with van der Waals surface area (Å²) >= 11 is 0. The average Bonchev–Trinajstić information content (AvgIpc) is 3.48. The standard InChI is InChI=1S/C26H30N4O2/c31-25(23-13-17-7-1-2-8-18(17)15-28-23)30-24(26(32)29-20-9-3-4-10-20)14-19-16-27-22-12-6-5-11-21(19)22/h1-2,5-8,11-12,16,20,23-24,27-28H,3-4,9-10,13-15H2,(H,29,32)(H,30,31)/t23-,24-/m1/s1. The second-order valence-corrected chi connectivity index (χ2v) is 9.02. The molecule has 4 N–H and O–H groups in total. The Kier molecular flexibility index (Phi) is 5.95. The number of aromatic nitrogens is 1. The van der Waals surface area contributed by atoms with E-state index in [1.165, 1.54) is 11.1 Å². The van der Waals surface area contributed by atoms with Crippen molar-refractivity contribution in [3.8, 4) is 0 Å². The SMILES string of the molecule is O=C(N[C@H](Cc1c[nH]c2ccccc12)C(=O)NC1CCCC1)[C@H]1Cc2ccccc2CN1. The van der Waals surface area contributed by atoms with Crippen LogP contribution in [0.1, 0.15) is 42.4 Å². The van der Waals surface area contributed by atoms with E-state index < -0.39 is 6.04 Å². The molecule has 1 aromatic heterocycles. The predicted octanol–water partition coefficient (Wildman–Crippen LogP) is 2.97. The summed E-state index contributed by atoms with van der Waals surface area (Å²) in [4.78, 5) is 29.7. The average molecular weight is 431 g/mol. The molecule has 2 aliphatic rings. The number of aromatic amines is 1. The van der Waals surface area contributed by atoms with Gasteiger partial charge in [-0.3, -0.25) is 9.59 Å². The van der Waals surface area contributed by atoms with Gasteiger partial charge in [0.05, 0.1) is 6.04 Å². The summed E-state index contributed by atoms with van der Waals surface area (Å²) in [5.41, 5.74) is 4.49. The molecule has 1 fully saturated rings. The quantitative estimate of drug-likeness (QED) is 0.485. The fourth-order valence-corrected chi connectivity index (χ4v) is 5.01. The Labute approximate surface area is 188 Å². The number of rotatable bonds is 6. The molecule has 2 heterocycles. The van der Waals surface area contributed by atoms with Gasteiger partial charge in [-0.1, -0.05) is 55.3 Å². The van der Waals surface area contributed by atoms with Gasteiger partial charge in [0.15, 0.2) is 0 Å². The molecular weight excluding hydrogens is 400 g/mol. The number of nitrogens with one attached hydrogen (secondary N) is 4.